The zero-order valence-electron chi connectivity index (χ0n) is 26.8. The first-order valence-electron chi connectivity index (χ1n) is 15.9. The molecule has 2 saturated heterocycles. The number of ether oxygens (including phenoxy) is 2. The number of fused-ring (bicyclic) bond motifs is 1. The molecular formula is C36H41N5O6. The Morgan fingerprint density at radius 2 is 1.66 bits per heavy atom. The predicted molar refractivity (Wildman–Crippen MR) is 176 cm³/mol. The maximum atomic E-state index is 14.2. The third-order valence-electron chi connectivity index (χ3n) is 8.24. The molecule has 11 heteroatoms. The van der Waals surface area contributed by atoms with E-state index in [9.17, 15) is 19.5 Å². The van der Waals surface area contributed by atoms with Gasteiger partial charge in [0.05, 0.1) is 32.8 Å². The molecule has 0 bridgehead atoms. The van der Waals surface area contributed by atoms with Gasteiger partial charge in [0.15, 0.2) is 11.5 Å². The zero-order valence-corrected chi connectivity index (χ0v) is 26.8. The summed E-state index contributed by atoms with van der Waals surface area (Å²) in [5.74, 6) is 3.46. The molecule has 0 aromatic heterocycles. The number of urea groups is 1. The van der Waals surface area contributed by atoms with E-state index in [1.165, 1.54) is 9.91 Å². The summed E-state index contributed by atoms with van der Waals surface area (Å²) in [6, 6.07) is 20.5. The van der Waals surface area contributed by atoms with Crippen molar-refractivity contribution in [3.8, 4) is 29.6 Å². The van der Waals surface area contributed by atoms with Gasteiger partial charge in [-0.05, 0) is 61.2 Å². The van der Waals surface area contributed by atoms with Crippen molar-refractivity contribution in [1.82, 2.24) is 25.1 Å². The van der Waals surface area contributed by atoms with Crippen LogP contribution >= 0.6 is 0 Å². The highest BCUT2D eigenvalue weighted by Crippen LogP contribution is 2.31. The van der Waals surface area contributed by atoms with Gasteiger partial charge in [0.2, 0.25) is 11.8 Å². The van der Waals surface area contributed by atoms with Crippen LogP contribution in [-0.4, -0.2) is 94.4 Å². The highest BCUT2D eigenvalue weighted by molar-refractivity contribution is 5.91. The normalized spacial score (nSPS) is 18.0. The fourth-order valence-electron chi connectivity index (χ4n) is 6.06. The topological polar surface area (TPSA) is 115 Å². The Hall–Kier alpha value is -5.21. The van der Waals surface area contributed by atoms with Crippen LogP contribution in [0.3, 0.4) is 0 Å². The Balaban J connectivity index is 1.45. The summed E-state index contributed by atoms with van der Waals surface area (Å²) in [4.78, 5) is 45.1. The molecule has 47 heavy (non-hydrogen) atoms. The first-order valence-corrected chi connectivity index (χ1v) is 15.9. The van der Waals surface area contributed by atoms with E-state index in [-0.39, 0.29) is 50.2 Å². The minimum atomic E-state index is -0.873. The number of amides is 4. The van der Waals surface area contributed by atoms with Crippen LogP contribution in [0.25, 0.3) is 0 Å². The number of hydrogen-bond donors (Lipinski definition) is 2. The molecule has 0 unspecified atom stereocenters. The first kappa shape index (κ1) is 33.2. The summed E-state index contributed by atoms with van der Waals surface area (Å²) in [5, 5.41) is 15.9. The summed E-state index contributed by atoms with van der Waals surface area (Å²) in [6.07, 6.45) is 5.62. The van der Waals surface area contributed by atoms with Gasteiger partial charge in [-0.3, -0.25) is 9.59 Å². The van der Waals surface area contributed by atoms with E-state index in [4.69, 9.17) is 15.9 Å². The molecule has 2 atom stereocenters. The van der Waals surface area contributed by atoms with E-state index in [1.807, 2.05) is 62.4 Å². The summed E-state index contributed by atoms with van der Waals surface area (Å²) in [7, 11) is 0. The molecule has 2 heterocycles. The predicted octanol–water partition coefficient (Wildman–Crippen LogP) is 3.42. The van der Waals surface area contributed by atoms with Crippen molar-refractivity contribution in [3.63, 3.8) is 0 Å². The monoisotopic (exact) mass is 639 g/mol. The van der Waals surface area contributed by atoms with Crippen LogP contribution in [0, 0.1) is 12.3 Å². The third-order valence-corrected chi connectivity index (χ3v) is 8.24. The van der Waals surface area contributed by atoms with Crippen molar-refractivity contribution in [3.05, 3.63) is 89.5 Å². The first-order chi connectivity index (χ1) is 22.8. The van der Waals surface area contributed by atoms with Gasteiger partial charge in [0, 0.05) is 19.5 Å². The largest absolute Gasteiger partial charge is 0.508 e. The summed E-state index contributed by atoms with van der Waals surface area (Å²) in [5.41, 5.74) is 2.64. The lowest BCUT2D eigenvalue weighted by molar-refractivity contribution is -0.188. The molecular weight excluding hydrogens is 598 g/mol. The van der Waals surface area contributed by atoms with Gasteiger partial charge in [-0.1, -0.05) is 54.5 Å². The van der Waals surface area contributed by atoms with Gasteiger partial charge in [0.25, 0.3) is 0 Å². The van der Waals surface area contributed by atoms with E-state index < -0.39 is 18.2 Å². The average Bonchev–Trinajstić information content (AvgIpc) is 3.07. The number of nitrogens with one attached hydrogen (secondary N) is 1. The number of carbonyl (C=O) groups is 3. The molecule has 5 rings (SSSR count). The molecule has 2 aliphatic rings. The van der Waals surface area contributed by atoms with Crippen LogP contribution in [0.5, 0.6) is 17.2 Å². The average molecular weight is 640 g/mol. The van der Waals surface area contributed by atoms with E-state index in [1.54, 1.807) is 34.2 Å². The molecule has 246 valence electrons. The molecule has 0 saturated carbocycles. The molecule has 2 N–H and O–H groups in total. The Labute approximate surface area is 275 Å². The lowest BCUT2D eigenvalue weighted by Gasteiger charge is -2.55. The lowest BCUT2D eigenvalue weighted by Crippen LogP contribution is -2.76. The van der Waals surface area contributed by atoms with Crippen LogP contribution < -0.4 is 14.8 Å². The standard InChI is InChI=1S/C36H41N5O6/c1-4-19-39-25-34(43)40-30(21-26-12-15-29(42)16-13-26)35(44)38(20-18-27-14-17-31(46-5-2)32(22-27)47-6-3)24-33(40)41(39)36(45)37-23-28-10-8-7-9-11-28/h1,7-17,22,30,33,42H,5-6,18-21,23-25H2,2-3H3,(H,37,45)/t30-,33-/m0/s1. The number of terminal acetylenes is 1. The van der Waals surface area contributed by atoms with Crippen molar-refractivity contribution in [2.75, 3.05) is 39.4 Å². The molecule has 0 radical (unpaired) electrons. The number of aromatic hydroxyl groups is 1. The van der Waals surface area contributed by atoms with E-state index >= 15 is 0 Å². The zero-order chi connectivity index (χ0) is 33.3. The summed E-state index contributed by atoms with van der Waals surface area (Å²) in [6.45, 7) is 5.43. The van der Waals surface area contributed by atoms with Crippen LogP contribution in [0.15, 0.2) is 72.8 Å². The van der Waals surface area contributed by atoms with E-state index in [0.29, 0.717) is 37.7 Å². The van der Waals surface area contributed by atoms with Gasteiger partial charge in [-0.15, -0.1) is 6.42 Å². The second-order valence-corrected chi connectivity index (χ2v) is 11.4. The summed E-state index contributed by atoms with van der Waals surface area (Å²) < 4.78 is 11.5. The molecule has 0 spiro atoms. The molecule has 0 aliphatic carbocycles. The molecule has 4 amide bonds. The maximum absolute atomic E-state index is 14.2. The highest BCUT2D eigenvalue weighted by atomic mass is 16.5. The van der Waals surface area contributed by atoms with Crippen molar-refractivity contribution >= 4 is 17.8 Å². The smallest absolute Gasteiger partial charge is 0.334 e. The van der Waals surface area contributed by atoms with Crippen LogP contribution in [0.1, 0.15) is 30.5 Å². The van der Waals surface area contributed by atoms with Crippen molar-refractivity contribution < 1.29 is 29.0 Å². The number of carbonyl (C=O) groups excluding carboxylic acids is 3. The maximum Gasteiger partial charge on any atom is 0.334 e. The Morgan fingerprint density at radius 3 is 2.36 bits per heavy atom. The van der Waals surface area contributed by atoms with Crippen LogP contribution in [0.4, 0.5) is 4.79 Å². The van der Waals surface area contributed by atoms with Gasteiger partial charge < -0.3 is 29.7 Å². The number of hydrazine groups is 1. The minimum absolute atomic E-state index is 0.0395. The molecule has 3 aromatic rings. The van der Waals surface area contributed by atoms with Crippen LogP contribution in [0.2, 0.25) is 0 Å². The number of hydrogen-bond acceptors (Lipinski definition) is 7. The second-order valence-electron chi connectivity index (χ2n) is 11.4. The fourth-order valence-corrected chi connectivity index (χ4v) is 6.06. The van der Waals surface area contributed by atoms with E-state index in [0.717, 1.165) is 16.7 Å². The Bertz CT molecular complexity index is 1590. The molecule has 11 nitrogen and oxygen atoms in total. The minimum Gasteiger partial charge on any atom is -0.508 e. The van der Waals surface area contributed by atoms with Gasteiger partial charge >= 0.3 is 6.03 Å². The van der Waals surface area contributed by atoms with Crippen molar-refractivity contribution in [1.29, 1.82) is 0 Å². The number of phenols is 1. The number of benzene rings is 3. The second kappa shape index (κ2) is 15.4. The van der Waals surface area contributed by atoms with E-state index in [2.05, 4.69) is 11.2 Å². The van der Waals surface area contributed by atoms with Gasteiger partial charge in [-0.2, -0.15) is 5.01 Å². The van der Waals surface area contributed by atoms with Crippen molar-refractivity contribution in [2.45, 2.75) is 45.4 Å². The number of phenolic OH excluding ortho intramolecular Hbond substituents is 1. The fraction of sp³-hybridized carbons (Fsp3) is 0.361. The number of piperazine rings is 1. The number of rotatable bonds is 12. The number of nitrogens with zero attached hydrogens (tertiary/aromatic N) is 4. The Kier molecular flexibility index (Phi) is 10.9. The summed E-state index contributed by atoms with van der Waals surface area (Å²) >= 11 is 0. The Morgan fingerprint density at radius 1 is 0.957 bits per heavy atom. The SMILES string of the molecule is C#CCN1CC(=O)N2[C@@H](Cc3ccc(O)cc3)C(=O)N(CCc3ccc(OCC)c(OCC)c3)C[C@@H]2N1C(=O)NCc1ccccc1. The van der Waals surface area contributed by atoms with Gasteiger partial charge in [-0.25, -0.2) is 9.80 Å². The van der Waals surface area contributed by atoms with Crippen LogP contribution in [-0.2, 0) is 29.0 Å². The molecule has 2 aliphatic heterocycles. The lowest BCUT2D eigenvalue weighted by atomic mass is 9.98. The molecule has 3 aromatic carbocycles. The quantitative estimate of drug-likeness (QED) is 0.292. The molecule has 2 fully saturated rings. The van der Waals surface area contributed by atoms with Gasteiger partial charge in [0.1, 0.15) is 18.0 Å². The third kappa shape index (κ3) is 7.79. The van der Waals surface area contributed by atoms with Crippen molar-refractivity contribution in [2.24, 2.45) is 0 Å². The highest BCUT2D eigenvalue weighted by Gasteiger charge is 2.51.